The Morgan fingerprint density at radius 3 is 2.52 bits per heavy atom. The molecular formula is C32H46O7S. The highest BCUT2D eigenvalue weighted by molar-refractivity contribution is 8.13. The average Bonchev–Trinajstić information content (AvgIpc) is 3.22. The number of ketones is 1. The van der Waals surface area contributed by atoms with Gasteiger partial charge in [0, 0.05) is 17.8 Å². The van der Waals surface area contributed by atoms with Crippen molar-refractivity contribution in [2.24, 2.45) is 34.5 Å². The zero-order chi connectivity index (χ0) is 29.1. The Morgan fingerprint density at radius 1 is 1.12 bits per heavy atom. The van der Waals surface area contributed by atoms with Gasteiger partial charge in [-0.15, -0.1) is 0 Å². The molecule has 222 valence electrons. The number of fused-ring (bicyclic) bond motifs is 7. The Balaban J connectivity index is 1.30. The van der Waals surface area contributed by atoms with E-state index in [-0.39, 0.29) is 52.5 Å². The highest BCUT2D eigenvalue weighted by Gasteiger charge is 2.71. The molecule has 6 rings (SSSR count). The summed E-state index contributed by atoms with van der Waals surface area (Å²) in [6.07, 6.45) is 10.6. The molecule has 0 amide bonds. The molecule has 2 bridgehead atoms. The Labute approximate surface area is 242 Å². The number of aliphatic hydroxyl groups is 2. The number of allylic oxidation sites excluding steroid dienone is 3. The molecule has 2 aliphatic heterocycles. The van der Waals surface area contributed by atoms with Crippen LogP contribution in [0.4, 0.5) is 0 Å². The molecule has 6 aliphatic rings. The summed E-state index contributed by atoms with van der Waals surface area (Å²) in [5, 5.41) is 24.2. The van der Waals surface area contributed by atoms with Gasteiger partial charge in [-0.05, 0) is 94.5 Å². The largest absolute Gasteiger partial charge is 0.392 e. The molecule has 11 atom stereocenters. The number of ether oxygens (including phenoxy) is 3. The van der Waals surface area contributed by atoms with Crippen LogP contribution in [0, 0.1) is 34.5 Å². The van der Waals surface area contributed by atoms with Crippen molar-refractivity contribution in [2.75, 3.05) is 6.26 Å². The van der Waals surface area contributed by atoms with E-state index in [1.807, 2.05) is 20.8 Å². The van der Waals surface area contributed by atoms with Gasteiger partial charge in [-0.1, -0.05) is 44.2 Å². The van der Waals surface area contributed by atoms with E-state index in [4.69, 9.17) is 14.2 Å². The predicted octanol–water partition coefficient (Wildman–Crippen LogP) is 4.94. The third-order valence-corrected chi connectivity index (χ3v) is 13.3. The number of hydrogen-bond acceptors (Lipinski definition) is 8. The van der Waals surface area contributed by atoms with Gasteiger partial charge in [-0.3, -0.25) is 9.59 Å². The number of aliphatic hydroxyl groups excluding tert-OH is 1. The summed E-state index contributed by atoms with van der Waals surface area (Å²) < 4.78 is 19.4. The number of carbonyl (C=O) groups excluding carboxylic acids is 2. The van der Waals surface area contributed by atoms with E-state index >= 15 is 0 Å². The zero-order valence-electron chi connectivity index (χ0n) is 25.0. The molecule has 0 unspecified atom stereocenters. The van der Waals surface area contributed by atoms with Crippen LogP contribution in [0.25, 0.3) is 0 Å². The number of carbonyl (C=O) groups is 2. The van der Waals surface area contributed by atoms with Gasteiger partial charge in [0.1, 0.15) is 5.60 Å². The maximum Gasteiger partial charge on any atom is 0.292 e. The summed E-state index contributed by atoms with van der Waals surface area (Å²) >= 11 is 1.14. The first-order valence-corrected chi connectivity index (χ1v) is 16.3. The van der Waals surface area contributed by atoms with Gasteiger partial charge >= 0.3 is 0 Å². The SMILES string of the molecule is CSC(=O)C[C@@]12O[C@H]([C@H](C)[C@@]3(O)CC[C@H]4[C@@H]5[C@H](O)CC6=CC(=O)C=C[C@]6(C)[C@H]5CC[C@@]43C)C[C@@](C)(O1)C(C)(C)O2. The minimum Gasteiger partial charge on any atom is -0.392 e. The molecule has 3 saturated carbocycles. The molecule has 40 heavy (non-hydrogen) atoms. The third-order valence-electron chi connectivity index (χ3n) is 12.7. The molecule has 4 aliphatic carbocycles. The van der Waals surface area contributed by atoms with Crippen molar-refractivity contribution >= 4 is 22.7 Å². The van der Waals surface area contributed by atoms with E-state index in [1.54, 1.807) is 18.4 Å². The van der Waals surface area contributed by atoms with Crippen LogP contribution in [-0.4, -0.2) is 62.4 Å². The summed E-state index contributed by atoms with van der Waals surface area (Å²) in [4.78, 5) is 24.7. The summed E-state index contributed by atoms with van der Waals surface area (Å²) in [5.41, 5.74) is -1.93. The molecule has 2 saturated heterocycles. The lowest BCUT2D eigenvalue weighted by molar-refractivity contribution is -0.396. The monoisotopic (exact) mass is 574 g/mol. The van der Waals surface area contributed by atoms with Crippen LogP contribution >= 0.6 is 11.8 Å². The summed E-state index contributed by atoms with van der Waals surface area (Å²) in [6.45, 7) is 12.5. The molecule has 0 aromatic rings. The molecule has 0 aromatic heterocycles. The molecule has 2 N–H and O–H groups in total. The lowest BCUT2D eigenvalue weighted by atomic mass is 9.46. The van der Waals surface area contributed by atoms with Crippen LogP contribution in [0.2, 0.25) is 0 Å². The predicted molar refractivity (Wildman–Crippen MR) is 152 cm³/mol. The van der Waals surface area contributed by atoms with E-state index in [0.717, 1.165) is 36.6 Å². The molecule has 0 radical (unpaired) electrons. The fraction of sp³-hybridized carbons (Fsp3) is 0.812. The van der Waals surface area contributed by atoms with Gasteiger partial charge < -0.3 is 24.4 Å². The van der Waals surface area contributed by atoms with Gasteiger partial charge in [-0.2, -0.15) is 0 Å². The average molecular weight is 575 g/mol. The van der Waals surface area contributed by atoms with Gasteiger partial charge in [0.15, 0.2) is 10.9 Å². The number of rotatable bonds is 4. The summed E-state index contributed by atoms with van der Waals surface area (Å²) in [5.74, 6) is -1.24. The normalized spacial score (nSPS) is 51.5. The lowest BCUT2D eigenvalue weighted by Gasteiger charge is -2.60. The van der Waals surface area contributed by atoms with Crippen molar-refractivity contribution in [1.29, 1.82) is 0 Å². The first kappa shape index (κ1) is 29.1. The first-order chi connectivity index (χ1) is 18.5. The van der Waals surface area contributed by atoms with Crippen LogP contribution in [0.5, 0.6) is 0 Å². The van der Waals surface area contributed by atoms with E-state index in [1.165, 1.54) is 0 Å². The maximum atomic E-state index is 12.7. The van der Waals surface area contributed by atoms with Gasteiger partial charge in [0.05, 0.1) is 29.8 Å². The highest BCUT2D eigenvalue weighted by Crippen LogP contribution is 2.69. The quantitative estimate of drug-likeness (QED) is 0.487. The number of thioether (sulfide) groups is 1. The Bertz CT molecular complexity index is 1180. The molecular weight excluding hydrogens is 528 g/mol. The van der Waals surface area contributed by atoms with Crippen molar-refractivity contribution in [1.82, 2.24) is 0 Å². The van der Waals surface area contributed by atoms with Gasteiger partial charge in [0.25, 0.3) is 5.97 Å². The second kappa shape index (κ2) is 8.99. The summed E-state index contributed by atoms with van der Waals surface area (Å²) in [7, 11) is 0. The van der Waals surface area contributed by atoms with E-state index < -0.39 is 34.3 Å². The molecule has 5 fully saturated rings. The minimum atomic E-state index is -1.45. The van der Waals surface area contributed by atoms with E-state index in [9.17, 15) is 19.8 Å². The topological polar surface area (TPSA) is 102 Å². The van der Waals surface area contributed by atoms with Crippen molar-refractivity contribution in [3.8, 4) is 0 Å². The zero-order valence-corrected chi connectivity index (χ0v) is 25.8. The van der Waals surface area contributed by atoms with Crippen LogP contribution in [-0.2, 0) is 23.8 Å². The Hall–Kier alpha value is -1.03. The van der Waals surface area contributed by atoms with Crippen molar-refractivity contribution in [3.05, 3.63) is 23.8 Å². The first-order valence-electron chi connectivity index (χ1n) is 15.0. The molecule has 8 heteroatoms. The van der Waals surface area contributed by atoms with Crippen molar-refractivity contribution in [2.45, 2.75) is 121 Å². The molecule has 0 spiro atoms. The van der Waals surface area contributed by atoms with Crippen LogP contribution < -0.4 is 0 Å². The third kappa shape index (κ3) is 3.82. The van der Waals surface area contributed by atoms with Crippen molar-refractivity contribution in [3.63, 3.8) is 0 Å². The standard InChI is InChI=1S/C32H46O7S/c1-18(24-16-30(6)27(2,3)38-32(37-24,39-30)17-25(35)40-7)31(36)13-10-22-26-21(9-12-29(22,31)5)28(4)11-8-20(33)14-19(28)15-23(26)34/h8,11,14,18,21-24,26,34,36H,9-10,12-13,15-17H2,1-7H3/t18-,21-,22-,23+,24-,26+,28-,29-,30+,31-,32-/m0/s1. The Morgan fingerprint density at radius 2 is 1.82 bits per heavy atom. The molecule has 7 nitrogen and oxygen atoms in total. The second-order valence-corrected chi connectivity index (χ2v) is 15.6. The van der Waals surface area contributed by atoms with Crippen LogP contribution in [0.1, 0.15) is 86.5 Å². The summed E-state index contributed by atoms with van der Waals surface area (Å²) in [6, 6.07) is 0. The van der Waals surface area contributed by atoms with Crippen LogP contribution in [0.15, 0.2) is 23.8 Å². The van der Waals surface area contributed by atoms with E-state index in [0.29, 0.717) is 19.3 Å². The van der Waals surface area contributed by atoms with Gasteiger partial charge in [-0.25, -0.2) is 0 Å². The second-order valence-electron chi connectivity index (χ2n) is 14.7. The van der Waals surface area contributed by atoms with Gasteiger partial charge in [0.2, 0.25) is 0 Å². The fourth-order valence-corrected chi connectivity index (χ4v) is 10.2. The van der Waals surface area contributed by atoms with E-state index in [2.05, 4.69) is 26.8 Å². The minimum absolute atomic E-state index is 0.00483. The molecule has 0 aromatic carbocycles. The Kier molecular flexibility index (Phi) is 6.53. The van der Waals surface area contributed by atoms with Crippen molar-refractivity contribution < 1.29 is 34.0 Å². The number of hydrogen-bond donors (Lipinski definition) is 2. The molecule has 2 heterocycles. The maximum absolute atomic E-state index is 12.7. The smallest absolute Gasteiger partial charge is 0.292 e. The van der Waals surface area contributed by atoms with Crippen LogP contribution in [0.3, 0.4) is 0 Å². The highest BCUT2D eigenvalue weighted by atomic mass is 32.2. The lowest BCUT2D eigenvalue weighted by Crippen LogP contribution is -2.62. The fourth-order valence-electron chi connectivity index (χ4n) is 9.90.